The van der Waals surface area contributed by atoms with Crippen molar-refractivity contribution in [2.75, 3.05) is 0 Å². The van der Waals surface area contributed by atoms with Gasteiger partial charge in [0.25, 0.3) is 0 Å². The molecule has 13 heavy (non-hydrogen) atoms. The van der Waals surface area contributed by atoms with E-state index in [4.69, 9.17) is 5.11 Å². The van der Waals surface area contributed by atoms with Gasteiger partial charge in [0.05, 0.1) is 5.71 Å². The van der Waals surface area contributed by atoms with Crippen LogP contribution in [-0.4, -0.2) is 28.7 Å². The number of rotatable bonds is 2. The van der Waals surface area contributed by atoms with Gasteiger partial charge in [-0.25, -0.2) is 4.99 Å². The molecule has 0 aromatic heterocycles. The molecule has 1 heterocycles. The Kier molecular flexibility index (Phi) is 1.81. The van der Waals surface area contributed by atoms with E-state index in [0.717, 1.165) is 5.71 Å². The van der Waals surface area contributed by atoms with Gasteiger partial charge in [0.2, 0.25) is 0 Å². The Morgan fingerprint density at radius 3 is 3.08 bits per heavy atom. The van der Waals surface area contributed by atoms with Crippen molar-refractivity contribution in [3.05, 3.63) is 24.3 Å². The molecular formula is C9H8N2O2. The minimum atomic E-state index is -0.894. The summed E-state index contributed by atoms with van der Waals surface area (Å²) < 4.78 is 0. The molecule has 1 N–H and O–H groups in total. The van der Waals surface area contributed by atoms with Gasteiger partial charge in [-0.3, -0.25) is 9.79 Å². The number of allylic oxidation sites excluding steroid dienone is 2. The summed E-state index contributed by atoms with van der Waals surface area (Å²) in [7, 11) is 0. The monoisotopic (exact) mass is 176 g/mol. The molecule has 4 nitrogen and oxygen atoms in total. The molecule has 0 bridgehead atoms. The van der Waals surface area contributed by atoms with E-state index in [1.165, 1.54) is 0 Å². The van der Waals surface area contributed by atoms with Gasteiger partial charge in [-0.05, 0) is 6.08 Å². The Labute approximate surface area is 75.0 Å². The Morgan fingerprint density at radius 2 is 2.38 bits per heavy atom. The zero-order chi connectivity index (χ0) is 9.26. The molecule has 2 rings (SSSR count). The van der Waals surface area contributed by atoms with Crippen LogP contribution in [0.4, 0.5) is 0 Å². The summed E-state index contributed by atoms with van der Waals surface area (Å²) in [6, 6.07) is -0.0562. The average molecular weight is 176 g/mol. The lowest BCUT2D eigenvalue weighted by Gasteiger charge is -2.02. The van der Waals surface area contributed by atoms with E-state index in [9.17, 15) is 4.79 Å². The lowest BCUT2D eigenvalue weighted by atomic mass is 10.1. The second-order valence-corrected chi connectivity index (χ2v) is 2.84. The van der Waals surface area contributed by atoms with Crippen LogP contribution >= 0.6 is 0 Å². The van der Waals surface area contributed by atoms with Gasteiger partial charge in [-0.1, -0.05) is 18.2 Å². The van der Waals surface area contributed by atoms with Crippen molar-refractivity contribution in [2.24, 2.45) is 9.98 Å². The van der Waals surface area contributed by atoms with E-state index in [2.05, 4.69) is 9.98 Å². The number of aliphatic carboxylic acids is 1. The molecule has 0 fully saturated rings. The maximum Gasteiger partial charge on any atom is 0.311 e. The van der Waals surface area contributed by atoms with Crippen LogP contribution in [0.1, 0.15) is 6.42 Å². The summed E-state index contributed by atoms with van der Waals surface area (Å²) in [5, 5.41) is 8.52. The molecule has 1 aliphatic carbocycles. The van der Waals surface area contributed by atoms with Crippen LogP contribution in [-0.2, 0) is 4.79 Å². The largest absolute Gasteiger partial charge is 0.481 e. The molecule has 0 aromatic rings. The van der Waals surface area contributed by atoms with Gasteiger partial charge >= 0.3 is 5.97 Å². The maximum absolute atomic E-state index is 10.4. The van der Waals surface area contributed by atoms with E-state index in [1.54, 1.807) is 0 Å². The van der Waals surface area contributed by atoms with Crippen LogP contribution in [0.2, 0.25) is 0 Å². The quantitative estimate of drug-likeness (QED) is 0.676. The average Bonchev–Trinajstić information content (AvgIpc) is 2.44. The van der Waals surface area contributed by atoms with E-state index in [0.29, 0.717) is 5.84 Å². The van der Waals surface area contributed by atoms with E-state index < -0.39 is 5.97 Å². The molecule has 1 aliphatic heterocycles. The molecule has 0 spiro atoms. The number of hydrogen-bond acceptors (Lipinski definition) is 3. The first kappa shape index (κ1) is 7.91. The molecule has 0 aromatic carbocycles. The van der Waals surface area contributed by atoms with Gasteiger partial charge in [0, 0.05) is 0 Å². The molecule has 0 saturated carbocycles. The minimum Gasteiger partial charge on any atom is -0.481 e. The first-order valence-electron chi connectivity index (χ1n) is 3.97. The highest BCUT2D eigenvalue weighted by Gasteiger charge is 2.20. The number of carbonyl (C=O) groups is 1. The van der Waals surface area contributed by atoms with Crippen LogP contribution in [0.25, 0.3) is 0 Å². The van der Waals surface area contributed by atoms with Crippen LogP contribution in [0.3, 0.4) is 0 Å². The number of fused-ring (bicyclic) bond motifs is 1. The van der Waals surface area contributed by atoms with E-state index in [1.807, 2.05) is 24.3 Å². The zero-order valence-corrected chi connectivity index (χ0v) is 6.84. The van der Waals surface area contributed by atoms with Gasteiger partial charge < -0.3 is 5.11 Å². The van der Waals surface area contributed by atoms with E-state index in [-0.39, 0.29) is 12.5 Å². The fraction of sp³-hybridized carbons (Fsp3) is 0.222. The van der Waals surface area contributed by atoms with Crippen molar-refractivity contribution >= 4 is 17.5 Å². The highest BCUT2D eigenvalue weighted by Crippen LogP contribution is 2.13. The number of aliphatic imine (C=N–C) groups is 2. The number of amidine groups is 1. The Hall–Kier alpha value is -1.71. The topological polar surface area (TPSA) is 62.0 Å². The van der Waals surface area contributed by atoms with Crippen LogP contribution in [0, 0.1) is 0 Å². The third-order valence-corrected chi connectivity index (χ3v) is 1.83. The third-order valence-electron chi connectivity index (χ3n) is 1.83. The van der Waals surface area contributed by atoms with Crippen LogP contribution in [0.15, 0.2) is 34.3 Å². The first-order chi connectivity index (χ1) is 6.25. The number of nitrogens with zero attached hydrogens (tertiary/aromatic N) is 2. The Balaban J connectivity index is 2.18. The van der Waals surface area contributed by atoms with Crippen LogP contribution in [0.5, 0.6) is 0 Å². The summed E-state index contributed by atoms with van der Waals surface area (Å²) >= 11 is 0. The number of carboxylic acid groups (broad SMARTS) is 1. The highest BCUT2D eigenvalue weighted by molar-refractivity contribution is 6.15. The summed E-state index contributed by atoms with van der Waals surface area (Å²) in [4.78, 5) is 18.6. The van der Waals surface area contributed by atoms with Crippen LogP contribution < -0.4 is 0 Å². The lowest BCUT2D eigenvalue weighted by molar-refractivity contribution is -0.135. The van der Waals surface area contributed by atoms with Crippen molar-refractivity contribution in [1.82, 2.24) is 0 Å². The standard InChI is InChI=1S/C9H8N2O2/c12-9(13)5-8-10-6-3-1-2-4-7(6)11-8/h1-4,6H,5H2,(H,12,13). The van der Waals surface area contributed by atoms with Crippen molar-refractivity contribution in [1.29, 1.82) is 0 Å². The molecule has 0 radical (unpaired) electrons. The predicted molar refractivity (Wildman–Crippen MR) is 49.2 cm³/mol. The summed E-state index contributed by atoms with van der Waals surface area (Å²) in [6.07, 6.45) is 7.41. The van der Waals surface area contributed by atoms with Gasteiger partial charge in [0.1, 0.15) is 18.3 Å². The Morgan fingerprint density at radius 1 is 1.54 bits per heavy atom. The van der Waals surface area contributed by atoms with Crippen molar-refractivity contribution < 1.29 is 9.90 Å². The second kappa shape index (κ2) is 2.97. The molecule has 0 saturated heterocycles. The third kappa shape index (κ3) is 1.56. The molecule has 1 unspecified atom stereocenters. The van der Waals surface area contributed by atoms with Crippen molar-refractivity contribution in [3.63, 3.8) is 0 Å². The molecule has 0 amide bonds. The SMILES string of the molecule is O=C(O)CC1=NC2C=CC=CC2=N1. The normalized spacial score (nSPS) is 23.8. The molecule has 2 aliphatic rings. The molecule has 66 valence electrons. The maximum atomic E-state index is 10.4. The number of hydrogen-bond donors (Lipinski definition) is 1. The molecular weight excluding hydrogens is 168 g/mol. The predicted octanol–water partition coefficient (Wildman–Crippen LogP) is 0.809. The fourth-order valence-corrected chi connectivity index (χ4v) is 1.29. The highest BCUT2D eigenvalue weighted by atomic mass is 16.4. The minimum absolute atomic E-state index is 0.0562. The number of carboxylic acids is 1. The zero-order valence-electron chi connectivity index (χ0n) is 6.84. The van der Waals surface area contributed by atoms with Crippen molar-refractivity contribution in [2.45, 2.75) is 12.5 Å². The summed E-state index contributed by atoms with van der Waals surface area (Å²) in [5.74, 6) is -0.488. The second-order valence-electron chi connectivity index (χ2n) is 2.84. The van der Waals surface area contributed by atoms with Gasteiger partial charge in [0.15, 0.2) is 0 Å². The van der Waals surface area contributed by atoms with Gasteiger partial charge in [-0.15, -0.1) is 0 Å². The van der Waals surface area contributed by atoms with Crippen molar-refractivity contribution in [3.8, 4) is 0 Å². The molecule has 4 heteroatoms. The van der Waals surface area contributed by atoms with Gasteiger partial charge in [-0.2, -0.15) is 0 Å². The smallest absolute Gasteiger partial charge is 0.311 e. The Bertz CT molecular complexity index is 364. The fourth-order valence-electron chi connectivity index (χ4n) is 1.29. The summed E-state index contributed by atoms with van der Waals surface area (Å²) in [6.45, 7) is 0. The van der Waals surface area contributed by atoms with E-state index >= 15 is 0 Å². The first-order valence-corrected chi connectivity index (χ1v) is 3.97. The lowest BCUT2D eigenvalue weighted by Crippen LogP contribution is -2.11. The summed E-state index contributed by atoms with van der Waals surface area (Å²) in [5.41, 5.74) is 0.832. The molecule has 1 atom stereocenters.